The van der Waals surface area contributed by atoms with Gasteiger partial charge in [-0.1, -0.05) is 54.6 Å². The minimum absolute atomic E-state index is 0.103. The minimum Gasteiger partial charge on any atom is -0.295 e. The first-order valence-electron chi connectivity index (χ1n) is 9.76. The number of benzene rings is 2. The number of halogens is 10. The summed E-state index contributed by atoms with van der Waals surface area (Å²) in [6, 6.07) is 7.36. The Morgan fingerprint density at radius 3 is 1.42 bits per heavy atom. The van der Waals surface area contributed by atoms with Crippen LogP contribution in [0, 0.1) is 0 Å². The molecule has 0 amide bonds. The molecule has 0 aliphatic heterocycles. The summed E-state index contributed by atoms with van der Waals surface area (Å²) in [6.45, 7) is 2.54. The standard InChI is InChI=1S/2C12H9F5O/c1-8(18)2-3-9-4-6-10(7-5-9)11(13,14)12(15,16)17;1-8(18)5-6-9-3-2-4-10(7-9)11(13,14)12(15,16)17/h2*2-7H,1H3. The second kappa shape index (κ2) is 11.5. The molecule has 196 valence electrons. The zero-order valence-electron chi connectivity index (χ0n) is 18.5. The molecule has 2 rings (SSSR count). The monoisotopic (exact) mass is 528 g/mol. The average Bonchev–Trinajstić information content (AvgIpc) is 2.75. The maximum absolute atomic E-state index is 13.0. The Kier molecular flexibility index (Phi) is 9.80. The van der Waals surface area contributed by atoms with Crippen molar-refractivity contribution in [3.05, 3.63) is 82.9 Å². The minimum atomic E-state index is -5.64. The SMILES string of the molecule is CC(=O)C=Cc1ccc(C(F)(F)C(F)(F)F)cc1.CC(=O)C=Cc1cccc(C(F)(F)C(F)(F)F)c1. The Balaban J connectivity index is 0.000000360. The lowest BCUT2D eigenvalue weighted by atomic mass is 10.0. The largest absolute Gasteiger partial charge is 0.458 e. The molecular formula is C24H18F10O2. The molecule has 0 saturated heterocycles. The van der Waals surface area contributed by atoms with E-state index in [2.05, 4.69) is 0 Å². The molecule has 0 aliphatic carbocycles. The fraction of sp³-hybridized carbons (Fsp3) is 0.250. The van der Waals surface area contributed by atoms with Crippen molar-refractivity contribution in [3.8, 4) is 0 Å². The molecule has 0 fully saturated rings. The van der Waals surface area contributed by atoms with Crippen molar-refractivity contribution in [1.29, 1.82) is 0 Å². The Hall–Kier alpha value is -3.44. The number of hydrogen-bond donors (Lipinski definition) is 0. The summed E-state index contributed by atoms with van der Waals surface area (Å²) in [5.41, 5.74) is -1.81. The lowest BCUT2D eigenvalue weighted by molar-refractivity contribution is -0.289. The van der Waals surface area contributed by atoms with Gasteiger partial charge >= 0.3 is 24.2 Å². The van der Waals surface area contributed by atoms with Crippen molar-refractivity contribution in [2.24, 2.45) is 0 Å². The summed E-state index contributed by atoms with van der Waals surface area (Å²) in [4.78, 5) is 21.3. The number of carbonyl (C=O) groups is 2. The van der Waals surface area contributed by atoms with E-state index in [1.54, 1.807) is 0 Å². The van der Waals surface area contributed by atoms with Gasteiger partial charge in [-0.2, -0.15) is 43.9 Å². The van der Waals surface area contributed by atoms with Crippen LogP contribution in [0.25, 0.3) is 12.2 Å². The highest BCUT2D eigenvalue weighted by Gasteiger charge is 2.59. The van der Waals surface area contributed by atoms with E-state index in [9.17, 15) is 53.5 Å². The highest BCUT2D eigenvalue weighted by Crippen LogP contribution is 2.44. The number of ketones is 2. The number of alkyl halides is 10. The molecule has 0 radical (unpaired) electrons. The molecule has 0 saturated carbocycles. The van der Waals surface area contributed by atoms with Crippen LogP contribution in [0.2, 0.25) is 0 Å². The van der Waals surface area contributed by atoms with Crippen LogP contribution in [-0.4, -0.2) is 23.9 Å². The number of carbonyl (C=O) groups excluding carboxylic acids is 2. The average molecular weight is 528 g/mol. The summed E-state index contributed by atoms with van der Waals surface area (Å²) in [5.74, 6) is -10.4. The van der Waals surface area contributed by atoms with Crippen LogP contribution in [0.3, 0.4) is 0 Å². The summed E-state index contributed by atoms with van der Waals surface area (Å²) in [5, 5.41) is 0. The van der Waals surface area contributed by atoms with Gasteiger partial charge in [-0.25, -0.2) is 0 Å². The first kappa shape index (κ1) is 30.6. The third-order valence-electron chi connectivity index (χ3n) is 4.26. The molecule has 2 aromatic carbocycles. The molecule has 0 N–H and O–H groups in total. The van der Waals surface area contributed by atoms with Gasteiger partial charge in [0.05, 0.1) is 0 Å². The van der Waals surface area contributed by atoms with Gasteiger partial charge in [0, 0.05) is 11.1 Å². The zero-order chi connectivity index (χ0) is 27.9. The van der Waals surface area contributed by atoms with E-state index in [1.807, 2.05) is 0 Å². The quantitative estimate of drug-likeness (QED) is 0.282. The van der Waals surface area contributed by atoms with Crippen LogP contribution >= 0.6 is 0 Å². The highest BCUT2D eigenvalue weighted by molar-refractivity contribution is 5.91. The summed E-state index contributed by atoms with van der Waals surface area (Å²) in [7, 11) is 0. The highest BCUT2D eigenvalue weighted by atomic mass is 19.4. The van der Waals surface area contributed by atoms with Crippen LogP contribution < -0.4 is 0 Å². The van der Waals surface area contributed by atoms with Crippen LogP contribution in [0.5, 0.6) is 0 Å². The van der Waals surface area contributed by atoms with Gasteiger partial charge in [-0.15, -0.1) is 0 Å². The Morgan fingerprint density at radius 2 is 1.00 bits per heavy atom. The van der Waals surface area contributed by atoms with Crippen LogP contribution in [0.15, 0.2) is 60.7 Å². The van der Waals surface area contributed by atoms with E-state index < -0.39 is 35.3 Å². The summed E-state index contributed by atoms with van der Waals surface area (Å²) >= 11 is 0. The number of hydrogen-bond acceptors (Lipinski definition) is 2. The molecule has 0 aromatic heterocycles. The predicted octanol–water partition coefficient (Wildman–Crippen LogP) is 7.89. The molecule has 2 aromatic rings. The molecule has 36 heavy (non-hydrogen) atoms. The van der Waals surface area contributed by atoms with E-state index in [0.29, 0.717) is 29.8 Å². The van der Waals surface area contributed by atoms with Crippen molar-refractivity contribution >= 4 is 23.7 Å². The van der Waals surface area contributed by atoms with Gasteiger partial charge in [0.25, 0.3) is 0 Å². The van der Waals surface area contributed by atoms with Crippen LogP contribution in [0.1, 0.15) is 36.1 Å². The van der Waals surface area contributed by atoms with E-state index in [-0.39, 0.29) is 17.1 Å². The Bertz CT molecular complexity index is 1110. The van der Waals surface area contributed by atoms with Crippen LogP contribution in [-0.2, 0) is 21.4 Å². The number of rotatable bonds is 6. The smallest absolute Gasteiger partial charge is 0.295 e. The van der Waals surface area contributed by atoms with Crippen molar-refractivity contribution < 1.29 is 53.5 Å². The van der Waals surface area contributed by atoms with Crippen molar-refractivity contribution in [3.63, 3.8) is 0 Å². The maximum Gasteiger partial charge on any atom is 0.458 e. The fourth-order valence-electron chi connectivity index (χ4n) is 2.40. The normalized spacial score (nSPS) is 13.0. The number of allylic oxidation sites excluding steroid dienone is 2. The lowest BCUT2D eigenvalue weighted by Gasteiger charge is -2.20. The van der Waals surface area contributed by atoms with Crippen molar-refractivity contribution in [2.45, 2.75) is 38.0 Å². The summed E-state index contributed by atoms with van der Waals surface area (Å²) in [6.07, 6.45) is -6.47. The third-order valence-corrected chi connectivity index (χ3v) is 4.26. The molecule has 0 unspecified atom stereocenters. The molecular weight excluding hydrogens is 510 g/mol. The zero-order valence-corrected chi connectivity index (χ0v) is 18.5. The molecule has 0 bridgehead atoms. The van der Waals surface area contributed by atoms with E-state index in [0.717, 1.165) is 24.3 Å². The van der Waals surface area contributed by atoms with Gasteiger partial charge < -0.3 is 0 Å². The molecule has 0 spiro atoms. The second-order valence-corrected chi connectivity index (χ2v) is 7.28. The van der Waals surface area contributed by atoms with Gasteiger partial charge in [-0.3, -0.25) is 9.59 Å². The molecule has 2 nitrogen and oxygen atoms in total. The van der Waals surface area contributed by atoms with Crippen LogP contribution in [0.4, 0.5) is 43.9 Å². The lowest BCUT2D eigenvalue weighted by Crippen LogP contribution is -2.33. The van der Waals surface area contributed by atoms with Crippen molar-refractivity contribution in [2.75, 3.05) is 0 Å². The first-order valence-corrected chi connectivity index (χ1v) is 9.76. The fourth-order valence-corrected chi connectivity index (χ4v) is 2.40. The second-order valence-electron chi connectivity index (χ2n) is 7.28. The van der Waals surface area contributed by atoms with Crippen molar-refractivity contribution in [1.82, 2.24) is 0 Å². The van der Waals surface area contributed by atoms with E-state index in [1.165, 1.54) is 38.1 Å². The topological polar surface area (TPSA) is 34.1 Å². The van der Waals surface area contributed by atoms with E-state index in [4.69, 9.17) is 0 Å². The Labute approximate surface area is 198 Å². The van der Waals surface area contributed by atoms with Gasteiger partial charge in [0.15, 0.2) is 11.6 Å². The predicted molar refractivity (Wildman–Crippen MR) is 112 cm³/mol. The Morgan fingerprint density at radius 1 is 0.583 bits per heavy atom. The molecule has 0 aliphatic rings. The molecule has 12 heteroatoms. The molecule has 0 heterocycles. The van der Waals surface area contributed by atoms with E-state index >= 15 is 0 Å². The third kappa shape index (κ3) is 8.35. The van der Waals surface area contributed by atoms with Gasteiger partial charge in [-0.05, 0) is 43.2 Å². The van der Waals surface area contributed by atoms with Gasteiger partial charge in [0.2, 0.25) is 0 Å². The summed E-state index contributed by atoms with van der Waals surface area (Å²) < 4.78 is 124. The van der Waals surface area contributed by atoms with Gasteiger partial charge in [0.1, 0.15) is 0 Å². The maximum atomic E-state index is 13.0. The first-order chi connectivity index (χ1) is 16.3. The molecule has 0 atom stereocenters.